The molecule has 3 aliphatic carbocycles. The molecule has 0 bridgehead atoms. The van der Waals surface area contributed by atoms with Gasteiger partial charge in [-0.1, -0.05) is 37.6 Å². The van der Waals surface area contributed by atoms with Crippen LogP contribution in [-0.2, 0) is 23.1 Å². The lowest BCUT2D eigenvalue weighted by Crippen LogP contribution is -2.53. The summed E-state index contributed by atoms with van der Waals surface area (Å²) in [6, 6.07) is 16.6. The number of nitrogens with one attached hydrogen (secondary N) is 1. The Morgan fingerprint density at radius 2 is 1.96 bits per heavy atom. The number of fused-ring (bicyclic) bond motifs is 3. The van der Waals surface area contributed by atoms with Crippen molar-refractivity contribution in [2.45, 2.75) is 94.9 Å². The molecule has 2 N–H and O–H groups in total. The van der Waals surface area contributed by atoms with Gasteiger partial charge in [0.1, 0.15) is 11.3 Å². The standard InChI is InChI=1S/C38H46ClN3O3/c1-25(24-45-34-12-17-40-33-9-3-6-26(2)35(33)34)20-28-21-27-10-11-31(42-18-5-19-42)23-32(27)37(28)13-15-38(16-14-37,36(43)44)41-30-8-4-7-29(39)22-30/h4,7-8,10-12,17,22-23,25-26,28,41H,3,5-6,9,13-16,18-21,24H2,1-2H3,(H,43,44)/t25-,26-,28?,37?,38?/m1/s1. The summed E-state index contributed by atoms with van der Waals surface area (Å²) in [6.45, 7) is 7.54. The molecule has 1 unspecified atom stereocenters. The van der Waals surface area contributed by atoms with Gasteiger partial charge in [-0.05, 0) is 135 Å². The minimum absolute atomic E-state index is 0.0379. The van der Waals surface area contributed by atoms with Gasteiger partial charge >= 0.3 is 5.97 Å². The maximum Gasteiger partial charge on any atom is 0.329 e. The van der Waals surface area contributed by atoms with E-state index in [1.54, 1.807) is 0 Å². The molecule has 1 saturated heterocycles. The molecule has 2 fully saturated rings. The maximum absolute atomic E-state index is 12.9. The molecule has 1 aliphatic heterocycles. The number of carboxylic acid groups (broad SMARTS) is 1. The number of halogens is 1. The van der Waals surface area contributed by atoms with E-state index in [1.165, 1.54) is 47.3 Å². The fourth-order valence-electron chi connectivity index (χ4n) is 8.86. The van der Waals surface area contributed by atoms with Crippen molar-refractivity contribution in [3.8, 4) is 5.75 Å². The topological polar surface area (TPSA) is 74.7 Å². The van der Waals surface area contributed by atoms with Crippen LogP contribution in [0.25, 0.3) is 0 Å². The lowest BCUT2D eigenvalue weighted by molar-refractivity contribution is -0.144. The van der Waals surface area contributed by atoms with Crippen LogP contribution in [0.2, 0.25) is 5.02 Å². The molecule has 2 heterocycles. The number of ether oxygens (including phenoxy) is 1. The van der Waals surface area contributed by atoms with Crippen LogP contribution in [0.3, 0.4) is 0 Å². The van der Waals surface area contributed by atoms with Gasteiger partial charge in [-0.15, -0.1) is 0 Å². The van der Waals surface area contributed by atoms with Crippen molar-refractivity contribution >= 4 is 28.9 Å². The first kappa shape index (κ1) is 30.4. The summed E-state index contributed by atoms with van der Waals surface area (Å²) in [5, 5.41) is 14.6. The summed E-state index contributed by atoms with van der Waals surface area (Å²) in [5.41, 5.74) is 6.46. The summed E-state index contributed by atoms with van der Waals surface area (Å²) in [6.07, 6.45) is 11.5. The molecular weight excluding hydrogens is 582 g/mol. The van der Waals surface area contributed by atoms with Crippen molar-refractivity contribution in [1.82, 2.24) is 4.98 Å². The van der Waals surface area contributed by atoms with Gasteiger partial charge in [0, 0.05) is 46.9 Å². The summed E-state index contributed by atoms with van der Waals surface area (Å²) >= 11 is 6.27. The smallest absolute Gasteiger partial charge is 0.329 e. The van der Waals surface area contributed by atoms with Crippen LogP contribution < -0.4 is 15.0 Å². The molecule has 4 aliphatic rings. The summed E-state index contributed by atoms with van der Waals surface area (Å²) < 4.78 is 6.57. The Labute approximate surface area is 272 Å². The van der Waals surface area contributed by atoms with Crippen LogP contribution in [-0.4, -0.2) is 41.3 Å². The van der Waals surface area contributed by atoms with E-state index in [1.807, 2.05) is 30.5 Å². The zero-order chi connectivity index (χ0) is 31.2. The van der Waals surface area contributed by atoms with Gasteiger partial charge in [0.2, 0.25) is 0 Å². The monoisotopic (exact) mass is 627 g/mol. The Balaban J connectivity index is 1.13. The normalized spacial score (nSPS) is 27.8. The number of hydrogen-bond donors (Lipinski definition) is 2. The molecule has 238 valence electrons. The third-order valence-corrected chi connectivity index (χ3v) is 11.7. The number of aromatic nitrogens is 1. The Kier molecular flexibility index (Phi) is 8.22. The van der Waals surface area contributed by atoms with E-state index in [0.717, 1.165) is 56.6 Å². The van der Waals surface area contributed by atoms with E-state index in [0.29, 0.717) is 42.2 Å². The Morgan fingerprint density at radius 3 is 2.69 bits per heavy atom. The van der Waals surface area contributed by atoms with E-state index >= 15 is 0 Å². The van der Waals surface area contributed by atoms with E-state index in [2.05, 4.69) is 53.3 Å². The molecule has 1 spiro atoms. The lowest BCUT2D eigenvalue weighted by atomic mass is 9.59. The Bertz CT molecular complexity index is 1560. The molecular formula is C38H46ClN3O3. The quantitative estimate of drug-likeness (QED) is 0.248. The second-order valence-electron chi connectivity index (χ2n) is 14.4. The van der Waals surface area contributed by atoms with Gasteiger partial charge in [-0.25, -0.2) is 4.79 Å². The fourth-order valence-corrected chi connectivity index (χ4v) is 9.05. The van der Waals surface area contributed by atoms with Gasteiger partial charge in [-0.2, -0.15) is 0 Å². The second-order valence-corrected chi connectivity index (χ2v) is 14.8. The first-order valence-corrected chi connectivity index (χ1v) is 17.4. The first-order valence-electron chi connectivity index (χ1n) is 17.0. The van der Waals surface area contributed by atoms with E-state index < -0.39 is 11.5 Å². The molecule has 2 aromatic carbocycles. The van der Waals surface area contributed by atoms with Crippen molar-refractivity contribution in [3.63, 3.8) is 0 Å². The number of rotatable bonds is 9. The van der Waals surface area contributed by atoms with Crippen molar-refractivity contribution in [3.05, 3.63) is 82.1 Å². The highest BCUT2D eigenvalue weighted by Gasteiger charge is 2.54. The predicted molar refractivity (Wildman–Crippen MR) is 181 cm³/mol. The maximum atomic E-state index is 12.9. The first-order chi connectivity index (χ1) is 21.8. The van der Waals surface area contributed by atoms with Crippen LogP contribution in [0, 0.1) is 11.8 Å². The van der Waals surface area contributed by atoms with Crippen LogP contribution in [0.1, 0.15) is 93.5 Å². The summed E-state index contributed by atoms with van der Waals surface area (Å²) in [4.78, 5) is 20.0. The average Bonchev–Trinajstić information content (AvgIpc) is 3.28. The minimum Gasteiger partial charge on any atom is -0.493 e. The molecule has 3 atom stereocenters. The molecule has 1 aromatic heterocycles. The van der Waals surface area contributed by atoms with E-state index in [9.17, 15) is 9.90 Å². The molecule has 7 heteroatoms. The zero-order valence-corrected chi connectivity index (χ0v) is 27.4. The molecule has 45 heavy (non-hydrogen) atoms. The predicted octanol–water partition coefficient (Wildman–Crippen LogP) is 8.41. The van der Waals surface area contributed by atoms with Gasteiger partial charge < -0.3 is 20.1 Å². The number of pyridine rings is 1. The van der Waals surface area contributed by atoms with Crippen molar-refractivity contribution in [2.75, 3.05) is 29.9 Å². The van der Waals surface area contributed by atoms with Gasteiger partial charge in [0.05, 0.1) is 6.61 Å². The Hall–Kier alpha value is -3.25. The van der Waals surface area contributed by atoms with E-state index in [-0.39, 0.29) is 5.41 Å². The van der Waals surface area contributed by atoms with Gasteiger partial charge in [0.25, 0.3) is 0 Å². The number of aryl methyl sites for hydroxylation is 1. The fraction of sp³-hybridized carbons (Fsp3) is 0.526. The third kappa shape index (κ3) is 5.68. The van der Waals surface area contributed by atoms with E-state index in [4.69, 9.17) is 16.3 Å². The largest absolute Gasteiger partial charge is 0.493 e. The number of nitrogens with zero attached hydrogens (tertiary/aromatic N) is 2. The molecule has 0 radical (unpaired) electrons. The molecule has 7 rings (SSSR count). The highest BCUT2D eigenvalue weighted by atomic mass is 35.5. The number of anilines is 2. The van der Waals surface area contributed by atoms with Crippen LogP contribution in [0.15, 0.2) is 54.7 Å². The lowest BCUT2D eigenvalue weighted by Gasteiger charge is -2.47. The minimum atomic E-state index is -1.01. The van der Waals surface area contributed by atoms with Crippen LogP contribution in [0.4, 0.5) is 11.4 Å². The van der Waals surface area contributed by atoms with Crippen molar-refractivity contribution in [2.24, 2.45) is 11.8 Å². The highest BCUT2D eigenvalue weighted by molar-refractivity contribution is 6.30. The van der Waals surface area contributed by atoms with Gasteiger partial charge in [0.15, 0.2) is 0 Å². The molecule has 1 saturated carbocycles. The van der Waals surface area contributed by atoms with Gasteiger partial charge in [-0.3, -0.25) is 4.98 Å². The molecule has 6 nitrogen and oxygen atoms in total. The number of carbonyl (C=O) groups is 1. The van der Waals surface area contributed by atoms with Crippen LogP contribution >= 0.6 is 11.6 Å². The number of aliphatic carboxylic acids is 1. The summed E-state index contributed by atoms with van der Waals surface area (Å²) in [5.74, 6) is 1.53. The van der Waals surface area contributed by atoms with Crippen molar-refractivity contribution in [1.29, 1.82) is 0 Å². The van der Waals surface area contributed by atoms with Crippen molar-refractivity contribution < 1.29 is 14.6 Å². The SMILES string of the molecule is C[C@@H](COc1ccnc2c1[C@H](C)CCC2)CC1Cc2ccc(N3CCC3)cc2C12CCC(Nc1cccc(Cl)c1)(C(=O)O)CC2. The summed E-state index contributed by atoms with van der Waals surface area (Å²) in [7, 11) is 0. The zero-order valence-electron chi connectivity index (χ0n) is 26.7. The number of benzene rings is 2. The highest BCUT2D eigenvalue weighted by Crippen LogP contribution is 2.57. The average molecular weight is 628 g/mol. The number of hydrogen-bond acceptors (Lipinski definition) is 5. The second kappa shape index (κ2) is 12.2. The molecule has 3 aromatic rings. The Morgan fingerprint density at radius 1 is 1.13 bits per heavy atom. The van der Waals surface area contributed by atoms with Crippen LogP contribution in [0.5, 0.6) is 5.75 Å². The third-order valence-electron chi connectivity index (χ3n) is 11.5. The molecule has 0 amide bonds. The number of carboxylic acids is 1.